The summed E-state index contributed by atoms with van der Waals surface area (Å²) in [7, 11) is 0. The Morgan fingerprint density at radius 2 is 1.36 bits per heavy atom. The molecule has 2 amide bonds. The van der Waals surface area contributed by atoms with Gasteiger partial charge in [0.25, 0.3) is 5.69 Å². The second kappa shape index (κ2) is 12.6. The van der Waals surface area contributed by atoms with Crippen LogP contribution >= 0.6 is 0 Å². The van der Waals surface area contributed by atoms with Crippen LogP contribution in [0.2, 0.25) is 0 Å². The minimum absolute atomic E-state index is 0.106. The maximum atomic E-state index is 13.0. The quantitative estimate of drug-likeness (QED) is 0.182. The number of amides is 2. The summed E-state index contributed by atoms with van der Waals surface area (Å²) < 4.78 is 5.35. The monoisotopic (exact) mass is 489 g/mol. The van der Waals surface area contributed by atoms with E-state index in [2.05, 4.69) is 10.6 Å². The van der Waals surface area contributed by atoms with Crippen molar-refractivity contribution in [3.8, 4) is 0 Å². The number of Topliss-reactive ketones (excluding diaryl/α,β-unsaturated/α-hetero) is 1. The average Bonchev–Trinajstić information content (AvgIpc) is 2.90. The van der Waals surface area contributed by atoms with Gasteiger partial charge >= 0.3 is 5.97 Å². The SMILES string of the molecule is O=C(CNC(=O)Cc1ccccc1)NCC(=O)OC(C(=O)c1ccccc1)c1ccc([N+](=O)[O-])cc1. The third kappa shape index (κ3) is 7.59. The maximum Gasteiger partial charge on any atom is 0.326 e. The fraction of sp³-hybridized carbons (Fsp3) is 0.154. The zero-order valence-electron chi connectivity index (χ0n) is 19.1. The van der Waals surface area contributed by atoms with Gasteiger partial charge in [0.15, 0.2) is 6.10 Å². The molecule has 10 heteroatoms. The molecule has 0 spiro atoms. The Labute approximate surface area is 206 Å². The first-order chi connectivity index (χ1) is 17.3. The fourth-order valence-electron chi connectivity index (χ4n) is 3.23. The molecular weight excluding hydrogens is 466 g/mol. The summed E-state index contributed by atoms with van der Waals surface area (Å²) in [5.74, 6) is -2.40. The summed E-state index contributed by atoms with van der Waals surface area (Å²) >= 11 is 0. The van der Waals surface area contributed by atoms with Crippen LogP contribution in [-0.2, 0) is 25.5 Å². The highest BCUT2D eigenvalue weighted by atomic mass is 16.6. The molecule has 1 atom stereocenters. The average molecular weight is 489 g/mol. The number of nitrogens with one attached hydrogen (secondary N) is 2. The molecule has 36 heavy (non-hydrogen) atoms. The number of esters is 1. The van der Waals surface area contributed by atoms with Crippen LogP contribution in [0.1, 0.15) is 27.6 Å². The lowest BCUT2D eigenvalue weighted by Gasteiger charge is -2.18. The number of ketones is 1. The van der Waals surface area contributed by atoms with Crippen molar-refractivity contribution in [2.45, 2.75) is 12.5 Å². The number of hydrogen-bond acceptors (Lipinski definition) is 7. The highest BCUT2D eigenvalue weighted by Crippen LogP contribution is 2.25. The Morgan fingerprint density at radius 3 is 1.97 bits per heavy atom. The Kier molecular flexibility index (Phi) is 8.99. The Morgan fingerprint density at radius 1 is 0.778 bits per heavy atom. The van der Waals surface area contributed by atoms with Gasteiger partial charge < -0.3 is 15.4 Å². The van der Waals surface area contributed by atoms with Crippen molar-refractivity contribution >= 4 is 29.3 Å². The van der Waals surface area contributed by atoms with Gasteiger partial charge in [0.1, 0.15) is 6.54 Å². The van der Waals surface area contributed by atoms with Gasteiger partial charge in [-0.05, 0) is 17.7 Å². The minimum atomic E-state index is -1.37. The number of carbonyl (C=O) groups excluding carboxylic acids is 4. The number of ether oxygens (including phenoxy) is 1. The van der Waals surface area contributed by atoms with Gasteiger partial charge in [-0.3, -0.25) is 29.3 Å². The van der Waals surface area contributed by atoms with Crippen LogP contribution < -0.4 is 10.6 Å². The molecule has 0 aliphatic rings. The molecule has 184 valence electrons. The molecule has 0 fully saturated rings. The van der Waals surface area contributed by atoms with Gasteiger partial charge in [0.05, 0.1) is 17.9 Å². The first kappa shape index (κ1) is 25.8. The molecule has 0 heterocycles. The van der Waals surface area contributed by atoms with E-state index in [4.69, 9.17) is 4.74 Å². The highest BCUT2D eigenvalue weighted by Gasteiger charge is 2.27. The molecule has 10 nitrogen and oxygen atoms in total. The van der Waals surface area contributed by atoms with E-state index in [0.717, 1.165) is 5.56 Å². The number of nitro benzene ring substituents is 1. The summed E-state index contributed by atoms with van der Waals surface area (Å²) in [6.07, 6.45) is -1.27. The normalized spacial score (nSPS) is 11.1. The van der Waals surface area contributed by atoms with E-state index in [0.29, 0.717) is 0 Å². The molecule has 3 rings (SSSR count). The number of benzene rings is 3. The van der Waals surface area contributed by atoms with E-state index in [-0.39, 0.29) is 35.7 Å². The smallest absolute Gasteiger partial charge is 0.326 e. The molecule has 1 unspecified atom stereocenters. The van der Waals surface area contributed by atoms with Crippen LogP contribution in [0.25, 0.3) is 0 Å². The maximum absolute atomic E-state index is 13.0. The van der Waals surface area contributed by atoms with Crippen molar-refractivity contribution in [2.24, 2.45) is 0 Å². The third-order valence-corrected chi connectivity index (χ3v) is 5.04. The predicted octanol–water partition coefficient (Wildman–Crippen LogP) is 2.54. The topological polar surface area (TPSA) is 145 Å². The van der Waals surface area contributed by atoms with Crippen LogP contribution in [-0.4, -0.2) is 41.6 Å². The van der Waals surface area contributed by atoms with Gasteiger partial charge in [-0.2, -0.15) is 0 Å². The van der Waals surface area contributed by atoms with E-state index < -0.39 is 35.2 Å². The summed E-state index contributed by atoms with van der Waals surface area (Å²) in [6.45, 7) is -0.882. The molecular formula is C26H23N3O7. The van der Waals surface area contributed by atoms with E-state index in [9.17, 15) is 29.3 Å². The van der Waals surface area contributed by atoms with E-state index in [1.807, 2.05) is 6.07 Å². The van der Waals surface area contributed by atoms with Crippen molar-refractivity contribution in [3.63, 3.8) is 0 Å². The zero-order valence-corrected chi connectivity index (χ0v) is 19.1. The Bertz CT molecular complexity index is 1230. The van der Waals surface area contributed by atoms with Crippen molar-refractivity contribution in [1.82, 2.24) is 10.6 Å². The standard InChI is InChI=1S/C26H23N3O7/c30-22(15-18-7-3-1-4-8-18)27-16-23(31)28-17-24(32)36-26(25(33)19-9-5-2-6-10-19)20-11-13-21(14-12-20)29(34)35/h1-14,26H,15-17H2,(H,27,30)(H,28,31). The summed E-state index contributed by atoms with van der Waals surface area (Å²) in [6, 6.07) is 22.2. The van der Waals surface area contributed by atoms with Crippen LogP contribution in [0.4, 0.5) is 5.69 Å². The Hall–Kier alpha value is -4.86. The molecule has 0 saturated carbocycles. The van der Waals surface area contributed by atoms with Crippen molar-refractivity contribution < 1.29 is 28.8 Å². The highest BCUT2D eigenvalue weighted by molar-refractivity contribution is 6.01. The second-order valence-electron chi connectivity index (χ2n) is 7.66. The lowest BCUT2D eigenvalue weighted by atomic mass is 9.99. The predicted molar refractivity (Wildman–Crippen MR) is 129 cm³/mol. The van der Waals surface area contributed by atoms with E-state index in [1.165, 1.54) is 24.3 Å². The van der Waals surface area contributed by atoms with Gasteiger partial charge in [-0.15, -0.1) is 0 Å². The van der Waals surface area contributed by atoms with Gasteiger partial charge in [-0.1, -0.05) is 60.7 Å². The van der Waals surface area contributed by atoms with Crippen LogP contribution in [0, 0.1) is 10.1 Å². The first-order valence-electron chi connectivity index (χ1n) is 10.9. The number of hydrogen-bond donors (Lipinski definition) is 2. The molecule has 0 saturated heterocycles. The molecule has 3 aromatic carbocycles. The van der Waals surface area contributed by atoms with Crippen LogP contribution in [0.15, 0.2) is 84.9 Å². The van der Waals surface area contributed by atoms with Crippen LogP contribution in [0.3, 0.4) is 0 Å². The zero-order chi connectivity index (χ0) is 25.9. The van der Waals surface area contributed by atoms with Gasteiger partial charge in [-0.25, -0.2) is 0 Å². The van der Waals surface area contributed by atoms with Gasteiger partial charge in [0, 0.05) is 23.3 Å². The van der Waals surface area contributed by atoms with Crippen molar-refractivity contribution in [1.29, 1.82) is 0 Å². The number of nitro groups is 1. The lowest BCUT2D eigenvalue weighted by molar-refractivity contribution is -0.384. The molecule has 0 aliphatic heterocycles. The molecule has 3 aromatic rings. The molecule has 0 aromatic heterocycles. The Balaban J connectivity index is 1.57. The van der Waals surface area contributed by atoms with Crippen molar-refractivity contribution in [2.75, 3.05) is 13.1 Å². The molecule has 0 aliphatic carbocycles. The minimum Gasteiger partial charge on any atom is -0.448 e. The van der Waals surface area contributed by atoms with Crippen molar-refractivity contribution in [3.05, 3.63) is 112 Å². The first-order valence-corrected chi connectivity index (χ1v) is 10.9. The third-order valence-electron chi connectivity index (χ3n) is 5.04. The van der Waals surface area contributed by atoms with E-state index >= 15 is 0 Å². The number of carbonyl (C=O) groups is 4. The molecule has 2 N–H and O–H groups in total. The molecule has 0 radical (unpaired) electrons. The lowest BCUT2D eigenvalue weighted by Crippen LogP contribution is -2.40. The van der Waals surface area contributed by atoms with Crippen LogP contribution in [0.5, 0.6) is 0 Å². The summed E-state index contributed by atoms with van der Waals surface area (Å²) in [5, 5.41) is 15.7. The van der Waals surface area contributed by atoms with Gasteiger partial charge in [0.2, 0.25) is 17.6 Å². The number of rotatable bonds is 11. The van der Waals surface area contributed by atoms with E-state index in [1.54, 1.807) is 54.6 Å². The fourth-order valence-corrected chi connectivity index (χ4v) is 3.23. The molecule has 0 bridgehead atoms. The number of non-ortho nitro benzene ring substituents is 1. The summed E-state index contributed by atoms with van der Waals surface area (Å²) in [4.78, 5) is 59.8. The summed E-state index contributed by atoms with van der Waals surface area (Å²) in [5.41, 5.74) is 1.12. The second-order valence-corrected chi connectivity index (χ2v) is 7.66. The number of nitrogens with zero attached hydrogens (tertiary/aromatic N) is 1. The largest absolute Gasteiger partial charge is 0.448 e.